The Kier molecular flexibility index (Phi) is 3.07. The standard InChI is InChI=1S/C22H22N4O2/c23-19-15-10-14-18(27)13-9-12(1-2-16(13)28-21(14)26-20(15)24)11-3-6-22(7-4-11)8-5-17(22)25-19/h1-2,9-11,17H,3-8H2,(H2,23,25)(H2,24,26). The van der Waals surface area contributed by atoms with Gasteiger partial charge in [-0.25, -0.2) is 0 Å². The maximum absolute atomic E-state index is 13.2. The monoisotopic (exact) mass is 374 g/mol. The van der Waals surface area contributed by atoms with Crippen LogP contribution in [-0.4, -0.2) is 16.9 Å². The van der Waals surface area contributed by atoms with Gasteiger partial charge in [0.1, 0.15) is 17.2 Å². The highest BCUT2D eigenvalue weighted by Crippen LogP contribution is 2.54. The van der Waals surface area contributed by atoms with E-state index in [1.165, 1.54) is 12.0 Å². The van der Waals surface area contributed by atoms with Crippen molar-refractivity contribution in [3.05, 3.63) is 45.6 Å². The van der Waals surface area contributed by atoms with Crippen LogP contribution in [0.25, 0.3) is 22.1 Å². The Morgan fingerprint density at radius 2 is 1.93 bits per heavy atom. The molecular formula is C22H22N4O2. The molecule has 4 heterocycles. The zero-order chi connectivity index (χ0) is 19.0. The first-order chi connectivity index (χ1) is 13.5. The summed E-state index contributed by atoms with van der Waals surface area (Å²) < 4.78 is 5.89. The SMILES string of the molecule is N=C1NC2CCC23CCC(CC3)c2ccc3oc4nc(N)c1cc4c(=O)c3c2. The average Bonchev–Trinajstić information content (AvgIpc) is 2.70. The van der Waals surface area contributed by atoms with Crippen LogP contribution in [0.2, 0.25) is 0 Å². The molecule has 2 aliphatic carbocycles. The average molecular weight is 374 g/mol. The summed E-state index contributed by atoms with van der Waals surface area (Å²) in [6, 6.07) is 7.95. The van der Waals surface area contributed by atoms with Gasteiger partial charge < -0.3 is 15.5 Å². The topological polar surface area (TPSA) is 105 Å². The predicted molar refractivity (Wildman–Crippen MR) is 109 cm³/mol. The first-order valence-electron chi connectivity index (χ1n) is 10.1. The van der Waals surface area contributed by atoms with E-state index in [4.69, 9.17) is 15.6 Å². The van der Waals surface area contributed by atoms with Crippen molar-refractivity contribution in [3.8, 4) is 0 Å². The first kappa shape index (κ1) is 16.1. The van der Waals surface area contributed by atoms with Gasteiger partial charge in [-0.1, -0.05) is 6.07 Å². The number of nitrogens with two attached hydrogens (primary N) is 1. The number of pyridine rings is 1. The summed E-state index contributed by atoms with van der Waals surface area (Å²) in [5, 5.41) is 13.0. The van der Waals surface area contributed by atoms with Gasteiger partial charge in [-0.05, 0) is 73.6 Å². The third-order valence-corrected chi connectivity index (χ3v) is 7.43. The van der Waals surface area contributed by atoms with Crippen LogP contribution in [0.5, 0.6) is 0 Å². The van der Waals surface area contributed by atoms with Gasteiger partial charge in [0.2, 0.25) is 11.1 Å². The van der Waals surface area contributed by atoms with Crippen LogP contribution in [0.1, 0.15) is 55.6 Å². The summed E-state index contributed by atoms with van der Waals surface area (Å²) in [5.41, 5.74) is 8.79. The third-order valence-electron chi connectivity index (χ3n) is 7.43. The molecule has 0 amide bonds. The first-order valence-corrected chi connectivity index (χ1v) is 10.1. The molecule has 4 aliphatic rings. The maximum Gasteiger partial charge on any atom is 0.232 e. The largest absolute Gasteiger partial charge is 0.437 e. The second-order valence-corrected chi connectivity index (χ2v) is 8.71. The normalized spacial score (nSPS) is 28.6. The van der Waals surface area contributed by atoms with Crippen LogP contribution in [-0.2, 0) is 0 Å². The van der Waals surface area contributed by atoms with Gasteiger partial charge in [0.25, 0.3) is 0 Å². The Bertz CT molecular complexity index is 1220. The number of hydrogen-bond acceptors (Lipinski definition) is 5. The van der Waals surface area contributed by atoms with E-state index in [1.54, 1.807) is 6.07 Å². The number of aromatic nitrogens is 1. The Morgan fingerprint density at radius 3 is 2.68 bits per heavy atom. The molecule has 6 bridgehead atoms. The minimum Gasteiger partial charge on any atom is -0.437 e. The summed E-state index contributed by atoms with van der Waals surface area (Å²) in [4.78, 5) is 17.5. The Morgan fingerprint density at radius 1 is 1.14 bits per heavy atom. The molecule has 1 unspecified atom stereocenters. The fourth-order valence-electron chi connectivity index (χ4n) is 5.57. The molecule has 1 spiro atoms. The van der Waals surface area contributed by atoms with E-state index >= 15 is 0 Å². The third kappa shape index (κ3) is 2.06. The number of rotatable bonds is 0. The Hall–Kier alpha value is -2.89. The van der Waals surface area contributed by atoms with Gasteiger partial charge in [-0.2, -0.15) is 4.98 Å². The van der Waals surface area contributed by atoms with Crippen molar-refractivity contribution in [1.82, 2.24) is 10.3 Å². The minimum absolute atomic E-state index is 0.106. The second-order valence-electron chi connectivity index (χ2n) is 8.71. The smallest absolute Gasteiger partial charge is 0.232 e. The molecule has 2 saturated carbocycles. The number of benzene rings is 1. The van der Waals surface area contributed by atoms with E-state index in [1.807, 2.05) is 12.1 Å². The fourth-order valence-corrected chi connectivity index (χ4v) is 5.57. The molecule has 2 aliphatic heterocycles. The molecule has 1 atom stereocenters. The number of hydrogen-bond donors (Lipinski definition) is 3. The molecule has 6 heteroatoms. The number of nitrogen functional groups attached to an aromatic ring is 1. The minimum atomic E-state index is -0.106. The van der Waals surface area contributed by atoms with Crippen LogP contribution in [0.15, 0.2) is 33.5 Å². The molecule has 2 aromatic heterocycles. The highest BCUT2D eigenvalue weighted by Gasteiger charge is 2.48. The fraction of sp³-hybridized carbons (Fsp3) is 0.409. The number of fused-ring (bicyclic) bond motifs is 3. The summed E-state index contributed by atoms with van der Waals surface area (Å²) in [7, 11) is 0. The zero-order valence-corrected chi connectivity index (χ0v) is 15.5. The summed E-state index contributed by atoms with van der Waals surface area (Å²) in [5.74, 6) is 0.950. The van der Waals surface area contributed by atoms with Gasteiger partial charge in [0.15, 0.2) is 0 Å². The van der Waals surface area contributed by atoms with Gasteiger partial charge in [0, 0.05) is 6.04 Å². The molecule has 7 rings (SSSR count). The highest BCUT2D eigenvalue weighted by molar-refractivity contribution is 6.04. The van der Waals surface area contributed by atoms with E-state index in [0.717, 1.165) is 32.1 Å². The lowest BCUT2D eigenvalue weighted by Crippen LogP contribution is -2.56. The molecule has 0 saturated heterocycles. The van der Waals surface area contributed by atoms with Crippen molar-refractivity contribution < 1.29 is 4.42 Å². The van der Waals surface area contributed by atoms with E-state index in [9.17, 15) is 4.79 Å². The Balaban J connectivity index is 1.65. The van der Waals surface area contributed by atoms with Crippen LogP contribution in [0.3, 0.4) is 0 Å². The van der Waals surface area contributed by atoms with Crippen molar-refractivity contribution in [2.45, 2.75) is 50.5 Å². The van der Waals surface area contributed by atoms with Gasteiger partial charge in [-0.3, -0.25) is 10.2 Å². The zero-order valence-electron chi connectivity index (χ0n) is 15.5. The van der Waals surface area contributed by atoms with Crippen molar-refractivity contribution in [3.63, 3.8) is 0 Å². The predicted octanol–water partition coefficient (Wildman–Crippen LogP) is 3.66. The lowest BCUT2D eigenvalue weighted by molar-refractivity contribution is 0.0278. The summed E-state index contributed by atoms with van der Waals surface area (Å²) >= 11 is 0. The molecule has 6 nitrogen and oxygen atoms in total. The molecular weight excluding hydrogens is 352 g/mol. The van der Waals surface area contributed by atoms with Crippen molar-refractivity contribution >= 4 is 33.7 Å². The van der Waals surface area contributed by atoms with E-state index < -0.39 is 0 Å². The van der Waals surface area contributed by atoms with E-state index in [2.05, 4.69) is 16.4 Å². The quantitative estimate of drug-likeness (QED) is 0.521. The highest BCUT2D eigenvalue weighted by atomic mass is 16.3. The second kappa shape index (κ2) is 5.34. The van der Waals surface area contributed by atoms with Crippen molar-refractivity contribution in [2.24, 2.45) is 5.41 Å². The molecule has 142 valence electrons. The van der Waals surface area contributed by atoms with Gasteiger partial charge in [0.05, 0.1) is 16.3 Å². The molecule has 2 fully saturated rings. The van der Waals surface area contributed by atoms with E-state index in [0.29, 0.717) is 33.9 Å². The van der Waals surface area contributed by atoms with Crippen LogP contribution < -0.4 is 16.5 Å². The van der Waals surface area contributed by atoms with E-state index in [-0.39, 0.29) is 28.2 Å². The van der Waals surface area contributed by atoms with Crippen LogP contribution >= 0.6 is 0 Å². The molecule has 3 aromatic rings. The maximum atomic E-state index is 13.2. The number of nitrogens with zero attached hydrogens (tertiary/aromatic N) is 1. The van der Waals surface area contributed by atoms with Crippen LogP contribution in [0, 0.1) is 10.8 Å². The number of anilines is 1. The van der Waals surface area contributed by atoms with Crippen LogP contribution in [0.4, 0.5) is 5.82 Å². The molecule has 0 radical (unpaired) electrons. The van der Waals surface area contributed by atoms with Gasteiger partial charge in [-0.15, -0.1) is 0 Å². The summed E-state index contributed by atoms with van der Waals surface area (Å²) in [6.07, 6.45) is 6.86. The van der Waals surface area contributed by atoms with Gasteiger partial charge >= 0.3 is 0 Å². The number of nitrogens with one attached hydrogen (secondary N) is 2. The van der Waals surface area contributed by atoms with Crippen molar-refractivity contribution in [2.75, 3.05) is 5.73 Å². The lowest BCUT2D eigenvalue weighted by Gasteiger charge is -2.54. The Labute approximate surface area is 161 Å². The molecule has 1 aromatic carbocycles. The molecule has 4 N–H and O–H groups in total. The number of amidine groups is 1. The molecule has 28 heavy (non-hydrogen) atoms. The summed E-state index contributed by atoms with van der Waals surface area (Å²) in [6.45, 7) is 0. The van der Waals surface area contributed by atoms with Crippen molar-refractivity contribution in [1.29, 1.82) is 5.41 Å². The lowest BCUT2D eigenvalue weighted by atomic mass is 9.55.